The van der Waals surface area contributed by atoms with Crippen LogP contribution in [0.4, 0.5) is 5.13 Å². The van der Waals surface area contributed by atoms with Gasteiger partial charge in [-0.1, -0.05) is 22.9 Å². The molecule has 1 aliphatic heterocycles. The molecule has 0 N–H and O–H groups in total. The van der Waals surface area contributed by atoms with Gasteiger partial charge in [0.15, 0.2) is 5.13 Å². The van der Waals surface area contributed by atoms with Gasteiger partial charge in [-0.25, -0.2) is 4.98 Å². The van der Waals surface area contributed by atoms with E-state index in [1.807, 2.05) is 26.0 Å². The van der Waals surface area contributed by atoms with E-state index >= 15 is 0 Å². The van der Waals surface area contributed by atoms with Crippen molar-refractivity contribution < 1.29 is 9.53 Å². The summed E-state index contributed by atoms with van der Waals surface area (Å²) in [4.78, 5) is 22.4. The molecule has 168 valence electrons. The highest BCUT2D eigenvalue weighted by Crippen LogP contribution is 2.34. The van der Waals surface area contributed by atoms with Gasteiger partial charge in [0, 0.05) is 43.9 Å². The van der Waals surface area contributed by atoms with E-state index in [0.717, 1.165) is 55.0 Å². The zero-order valence-corrected chi connectivity index (χ0v) is 20.1. The smallest absolute Gasteiger partial charge is 0.278 e. The van der Waals surface area contributed by atoms with E-state index in [2.05, 4.69) is 10.00 Å². The number of morpholine rings is 1. The number of hydrogen-bond donors (Lipinski definition) is 0. The number of anilines is 1. The van der Waals surface area contributed by atoms with Crippen LogP contribution in [0, 0.1) is 6.92 Å². The predicted molar refractivity (Wildman–Crippen MR) is 128 cm³/mol. The van der Waals surface area contributed by atoms with Crippen molar-refractivity contribution in [1.82, 2.24) is 19.7 Å². The molecule has 31 heavy (non-hydrogen) atoms. The number of aromatic nitrogens is 3. The highest BCUT2D eigenvalue weighted by molar-refractivity contribution is 7.22. The number of thiazole rings is 1. The Hall–Kier alpha value is -1.71. The number of carbonyl (C=O) groups excluding carboxylic acids is 1. The number of fused-ring (bicyclic) bond motifs is 1. The molecule has 2 aromatic heterocycles. The third-order valence-electron chi connectivity index (χ3n) is 5.41. The fourth-order valence-corrected chi connectivity index (χ4v) is 4.87. The zero-order valence-electron chi connectivity index (χ0n) is 17.7. The normalized spacial score (nSPS) is 14.5. The topological polar surface area (TPSA) is 63.5 Å². The van der Waals surface area contributed by atoms with Crippen LogP contribution in [-0.4, -0.2) is 65.0 Å². The standard InChI is InChI=1S/C21H26ClN5O2S.ClH/c1-3-27-17(7-8-23-27)20(28)26(10-4-9-25-11-13-29-14-12-25)21-24-19-15(2)16(22)5-6-18(19)30-21;/h5-8H,3-4,9-14H2,1-2H3;1H. The first kappa shape index (κ1) is 23.9. The molecule has 1 amide bonds. The molecule has 0 unspecified atom stereocenters. The summed E-state index contributed by atoms with van der Waals surface area (Å²) in [6, 6.07) is 5.63. The van der Waals surface area contributed by atoms with Crippen LogP contribution in [-0.2, 0) is 11.3 Å². The fraction of sp³-hybridized carbons (Fsp3) is 0.476. The number of halogens is 2. The van der Waals surface area contributed by atoms with E-state index in [4.69, 9.17) is 21.3 Å². The number of ether oxygens (including phenoxy) is 1. The van der Waals surface area contributed by atoms with Crippen LogP contribution in [0.1, 0.15) is 29.4 Å². The lowest BCUT2D eigenvalue weighted by Gasteiger charge is -2.27. The predicted octanol–water partition coefficient (Wildman–Crippen LogP) is 4.27. The van der Waals surface area contributed by atoms with Crippen molar-refractivity contribution in [2.24, 2.45) is 0 Å². The lowest BCUT2D eigenvalue weighted by atomic mass is 10.2. The van der Waals surface area contributed by atoms with Crippen LogP contribution in [0.15, 0.2) is 24.4 Å². The third-order valence-corrected chi connectivity index (χ3v) is 6.86. The lowest BCUT2D eigenvalue weighted by molar-refractivity contribution is 0.0376. The monoisotopic (exact) mass is 483 g/mol. The van der Waals surface area contributed by atoms with Gasteiger partial charge in [-0.05, 0) is 44.0 Å². The van der Waals surface area contributed by atoms with Crippen LogP contribution >= 0.6 is 35.3 Å². The Bertz CT molecular complexity index is 1030. The van der Waals surface area contributed by atoms with Gasteiger partial charge in [-0.2, -0.15) is 5.10 Å². The highest BCUT2D eigenvalue weighted by atomic mass is 35.5. The third kappa shape index (κ3) is 5.21. The Morgan fingerprint density at radius 2 is 2.06 bits per heavy atom. The van der Waals surface area contributed by atoms with E-state index in [1.165, 1.54) is 11.3 Å². The van der Waals surface area contributed by atoms with E-state index in [9.17, 15) is 4.79 Å². The van der Waals surface area contributed by atoms with E-state index in [0.29, 0.717) is 28.9 Å². The minimum atomic E-state index is -0.0702. The first-order chi connectivity index (χ1) is 14.6. The number of rotatable bonds is 7. The maximum atomic E-state index is 13.5. The SMILES string of the molecule is CCn1nccc1C(=O)N(CCCN1CCOCC1)c1nc2c(C)c(Cl)ccc2s1.Cl. The summed E-state index contributed by atoms with van der Waals surface area (Å²) in [5.41, 5.74) is 2.38. The van der Waals surface area contributed by atoms with Crippen molar-refractivity contribution in [3.8, 4) is 0 Å². The Labute approximate surface area is 197 Å². The Kier molecular flexibility index (Phi) is 8.30. The Balaban J connectivity index is 0.00000272. The molecule has 0 atom stereocenters. The summed E-state index contributed by atoms with van der Waals surface area (Å²) in [7, 11) is 0. The molecular formula is C21H27Cl2N5O2S. The molecule has 7 nitrogen and oxygen atoms in total. The van der Waals surface area contributed by atoms with Crippen molar-refractivity contribution in [2.75, 3.05) is 44.3 Å². The number of aryl methyl sites for hydroxylation is 2. The van der Waals surface area contributed by atoms with Crippen molar-refractivity contribution in [1.29, 1.82) is 0 Å². The largest absolute Gasteiger partial charge is 0.379 e. The minimum Gasteiger partial charge on any atom is -0.379 e. The van der Waals surface area contributed by atoms with Gasteiger partial charge in [0.1, 0.15) is 5.69 Å². The molecule has 3 aromatic rings. The van der Waals surface area contributed by atoms with E-state index < -0.39 is 0 Å². The maximum Gasteiger partial charge on any atom is 0.278 e. The second-order valence-corrected chi connectivity index (χ2v) is 8.73. The van der Waals surface area contributed by atoms with Gasteiger partial charge < -0.3 is 4.74 Å². The molecule has 0 bridgehead atoms. The summed E-state index contributed by atoms with van der Waals surface area (Å²) in [5, 5.41) is 5.66. The molecule has 0 aliphatic carbocycles. The summed E-state index contributed by atoms with van der Waals surface area (Å²) in [6.45, 7) is 9.54. The van der Waals surface area contributed by atoms with Crippen LogP contribution < -0.4 is 4.90 Å². The summed E-state index contributed by atoms with van der Waals surface area (Å²) in [6.07, 6.45) is 2.53. The molecule has 0 spiro atoms. The lowest BCUT2D eigenvalue weighted by Crippen LogP contribution is -2.39. The first-order valence-corrected chi connectivity index (χ1v) is 11.5. The summed E-state index contributed by atoms with van der Waals surface area (Å²) < 4.78 is 8.19. The molecule has 10 heteroatoms. The van der Waals surface area contributed by atoms with Crippen LogP contribution in [0.2, 0.25) is 5.02 Å². The summed E-state index contributed by atoms with van der Waals surface area (Å²) >= 11 is 7.81. The fourth-order valence-electron chi connectivity index (χ4n) is 3.67. The molecule has 4 rings (SSSR count). The minimum absolute atomic E-state index is 0. The average molecular weight is 484 g/mol. The van der Waals surface area contributed by atoms with Crippen molar-refractivity contribution in [3.05, 3.63) is 40.7 Å². The van der Waals surface area contributed by atoms with Crippen molar-refractivity contribution in [2.45, 2.75) is 26.8 Å². The molecule has 1 saturated heterocycles. The molecule has 1 aliphatic rings. The van der Waals surface area contributed by atoms with Crippen LogP contribution in [0.5, 0.6) is 0 Å². The Morgan fingerprint density at radius 1 is 1.29 bits per heavy atom. The Morgan fingerprint density at radius 3 is 2.81 bits per heavy atom. The number of amides is 1. The zero-order chi connectivity index (χ0) is 21.1. The maximum absolute atomic E-state index is 13.5. The van der Waals surface area contributed by atoms with Crippen LogP contribution in [0.25, 0.3) is 10.2 Å². The molecule has 3 heterocycles. The molecular weight excluding hydrogens is 457 g/mol. The van der Waals surface area contributed by atoms with Gasteiger partial charge in [-0.3, -0.25) is 19.3 Å². The average Bonchev–Trinajstić information content (AvgIpc) is 3.41. The molecule has 0 radical (unpaired) electrons. The van der Waals surface area contributed by atoms with Gasteiger partial charge in [-0.15, -0.1) is 12.4 Å². The molecule has 1 aromatic carbocycles. The van der Waals surface area contributed by atoms with Crippen LogP contribution in [0.3, 0.4) is 0 Å². The number of nitrogens with zero attached hydrogens (tertiary/aromatic N) is 5. The first-order valence-electron chi connectivity index (χ1n) is 10.3. The highest BCUT2D eigenvalue weighted by Gasteiger charge is 2.24. The molecule has 0 saturated carbocycles. The second kappa shape index (κ2) is 10.7. The van der Waals surface area contributed by atoms with Gasteiger partial charge >= 0.3 is 0 Å². The van der Waals surface area contributed by atoms with Gasteiger partial charge in [0.2, 0.25) is 0 Å². The van der Waals surface area contributed by atoms with E-state index in [1.54, 1.807) is 21.8 Å². The number of benzene rings is 1. The quantitative estimate of drug-likeness (QED) is 0.502. The van der Waals surface area contributed by atoms with Crippen molar-refractivity contribution >= 4 is 56.6 Å². The number of carbonyl (C=O) groups is 1. The summed E-state index contributed by atoms with van der Waals surface area (Å²) in [5.74, 6) is -0.0702. The van der Waals surface area contributed by atoms with Gasteiger partial charge in [0.25, 0.3) is 5.91 Å². The number of hydrogen-bond acceptors (Lipinski definition) is 6. The second-order valence-electron chi connectivity index (χ2n) is 7.31. The van der Waals surface area contributed by atoms with Crippen molar-refractivity contribution in [3.63, 3.8) is 0 Å². The van der Waals surface area contributed by atoms with Gasteiger partial charge in [0.05, 0.1) is 23.4 Å². The van der Waals surface area contributed by atoms with E-state index in [-0.39, 0.29) is 18.3 Å². The molecule has 1 fully saturated rings.